The maximum atomic E-state index is 12.4. The lowest BCUT2D eigenvalue weighted by molar-refractivity contribution is 0.601. The van der Waals surface area contributed by atoms with Gasteiger partial charge in [0.15, 0.2) is 5.11 Å². The van der Waals surface area contributed by atoms with E-state index in [0.717, 1.165) is 19.4 Å². The van der Waals surface area contributed by atoms with Gasteiger partial charge < -0.3 is 10.6 Å². The van der Waals surface area contributed by atoms with Gasteiger partial charge in [-0.3, -0.25) is 0 Å². The Morgan fingerprint density at radius 1 is 0.931 bits per heavy atom. The van der Waals surface area contributed by atoms with E-state index in [-0.39, 0.29) is 10.8 Å². The predicted octanol–water partition coefficient (Wildman–Crippen LogP) is 3.20. The second-order valence-corrected chi connectivity index (χ2v) is 8.26. The highest BCUT2D eigenvalue weighted by Crippen LogP contribution is 2.16. The van der Waals surface area contributed by atoms with E-state index in [1.165, 1.54) is 30.1 Å². The zero-order valence-corrected chi connectivity index (χ0v) is 17.2. The maximum absolute atomic E-state index is 12.4. The molecule has 0 spiro atoms. The van der Waals surface area contributed by atoms with Gasteiger partial charge in [0, 0.05) is 24.6 Å². The number of anilines is 2. The van der Waals surface area contributed by atoms with Gasteiger partial charge in [0.05, 0.1) is 4.90 Å². The monoisotopic (exact) mass is 427 g/mol. The minimum absolute atomic E-state index is 0.0237. The smallest absolute Gasteiger partial charge is 0.264 e. The molecule has 0 unspecified atom stereocenters. The normalized spacial score (nSPS) is 10.9. The number of hydrogen-bond acceptors (Lipinski definition) is 5. The molecule has 0 saturated heterocycles. The molecule has 0 aliphatic rings. The molecule has 0 fully saturated rings. The van der Waals surface area contributed by atoms with E-state index in [0.29, 0.717) is 10.8 Å². The van der Waals surface area contributed by atoms with Gasteiger partial charge in [-0.15, -0.1) is 0 Å². The Hall–Kier alpha value is -3.04. The highest BCUT2D eigenvalue weighted by Gasteiger charge is 2.15. The van der Waals surface area contributed by atoms with Gasteiger partial charge in [-0.25, -0.2) is 23.1 Å². The van der Waals surface area contributed by atoms with Crippen LogP contribution < -0.4 is 15.4 Å². The van der Waals surface area contributed by atoms with Crippen LogP contribution in [0.3, 0.4) is 0 Å². The Kier molecular flexibility index (Phi) is 7.09. The van der Waals surface area contributed by atoms with Crippen LogP contribution in [0.4, 0.5) is 11.6 Å². The summed E-state index contributed by atoms with van der Waals surface area (Å²) in [6.07, 6.45) is 4.86. The molecule has 3 rings (SSSR count). The van der Waals surface area contributed by atoms with Crippen molar-refractivity contribution in [2.75, 3.05) is 16.6 Å². The third kappa shape index (κ3) is 6.51. The number of aryl methyl sites for hydroxylation is 1. The van der Waals surface area contributed by atoms with Crippen molar-refractivity contribution < 1.29 is 8.42 Å². The largest absolute Gasteiger partial charge is 0.362 e. The Morgan fingerprint density at radius 3 is 2.31 bits per heavy atom. The number of benzene rings is 2. The molecule has 0 atom stereocenters. The standard InChI is InChI=1S/C20H21N5O2S2/c26-29(27,25-19-21-14-5-15-22-19)18-11-9-17(10-12-18)24-20(28)23-13-4-8-16-6-2-1-3-7-16/h1-3,5-7,9-12,14-15H,4,8,13H2,(H,21,22,25)(H2,23,24,28). The lowest BCUT2D eigenvalue weighted by Crippen LogP contribution is -2.29. The lowest BCUT2D eigenvalue weighted by Gasteiger charge is -2.11. The predicted molar refractivity (Wildman–Crippen MR) is 118 cm³/mol. The number of rotatable bonds is 8. The molecule has 0 aliphatic heterocycles. The summed E-state index contributed by atoms with van der Waals surface area (Å²) in [5.41, 5.74) is 1.99. The summed E-state index contributed by atoms with van der Waals surface area (Å²) in [6.45, 7) is 0.744. The van der Waals surface area contributed by atoms with E-state index >= 15 is 0 Å². The van der Waals surface area contributed by atoms with Crippen LogP contribution in [0.2, 0.25) is 0 Å². The summed E-state index contributed by atoms with van der Waals surface area (Å²) in [7, 11) is -3.75. The highest BCUT2D eigenvalue weighted by molar-refractivity contribution is 7.92. The van der Waals surface area contributed by atoms with Crippen molar-refractivity contribution in [3.8, 4) is 0 Å². The highest BCUT2D eigenvalue weighted by atomic mass is 32.2. The van der Waals surface area contributed by atoms with Gasteiger partial charge in [-0.1, -0.05) is 30.3 Å². The molecular weight excluding hydrogens is 406 g/mol. The third-order valence-electron chi connectivity index (χ3n) is 3.98. The van der Waals surface area contributed by atoms with Crippen LogP contribution in [0.15, 0.2) is 78.0 Å². The molecule has 0 saturated carbocycles. The lowest BCUT2D eigenvalue weighted by atomic mass is 10.1. The van der Waals surface area contributed by atoms with Crippen LogP contribution in [-0.4, -0.2) is 30.0 Å². The Bertz CT molecular complexity index is 1030. The van der Waals surface area contributed by atoms with Crippen molar-refractivity contribution >= 4 is 39.0 Å². The van der Waals surface area contributed by atoms with Crippen LogP contribution in [0.25, 0.3) is 0 Å². The molecule has 3 N–H and O–H groups in total. The third-order valence-corrected chi connectivity index (χ3v) is 5.57. The van der Waals surface area contributed by atoms with E-state index in [4.69, 9.17) is 12.2 Å². The molecule has 2 aromatic carbocycles. The molecule has 0 radical (unpaired) electrons. The molecular formula is C20H21N5O2S2. The fourth-order valence-electron chi connectivity index (χ4n) is 2.56. The van der Waals surface area contributed by atoms with Crippen LogP contribution in [0, 0.1) is 0 Å². The van der Waals surface area contributed by atoms with Gasteiger partial charge in [-0.05, 0) is 61.0 Å². The van der Waals surface area contributed by atoms with Gasteiger partial charge >= 0.3 is 0 Å². The summed E-state index contributed by atoms with van der Waals surface area (Å²) in [6, 6.07) is 18.2. The molecule has 1 heterocycles. The van der Waals surface area contributed by atoms with Crippen LogP contribution in [0.5, 0.6) is 0 Å². The zero-order valence-electron chi connectivity index (χ0n) is 15.6. The van der Waals surface area contributed by atoms with Crippen molar-refractivity contribution in [2.24, 2.45) is 0 Å². The Morgan fingerprint density at radius 2 is 1.62 bits per heavy atom. The Balaban J connectivity index is 1.47. The van der Waals surface area contributed by atoms with Gasteiger partial charge in [0.1, 0.15) is 0 Å². The first-order chi connectivity index (χ1) is 14.0. The van der Waals surface area contributed by atoms with E-state index in [9.17, 15) is 8.42 Å². The number of nitrogens with zero attached hydrogens (tertiary/aromatic N) is 2. The molecule has 3 aromatic rings. The molecule has 150 valence electrons. The molecule has 7 nitrogen and oxygen atoms in total. The summed E-state index contributed by atoms with van der Waals surface area (Å²) in [5, 5.41) is 6.69. The van der Waals surface area contributed by atoms with Crippen molar-refractivity contribution in [2.45, 2.75) is 17.7 Å². The van der Waals surface area contributed by atoms with Crippen molar-refractivity contribution in [1.29, 1.82) is 0 Å². The maximum Gasteiger partial charge on any atom is 0.264 e. The Labute approximate surface area is 175 Å². The van der Waals surface area contributed by atoms with E-state index in [1.807, 2.05) is 18.2 Å². The van der Waals surface area contributed by atoms with Gasteiger partial charge in [0.2, 0.25) is 5.95 Å². The average Bonchev–Trinajstić information content (AvgIpc) is 2.73. The van der Waals surface area contributed by atoms with Crippen LogP contribution >= 0.6 is 12.2 Å². The van der Waals surface area contributed by atoms with E-state index in [1.54, 1.807) is 18.2 Å². The SMILES string of the molecule is O=S(=O)(Nc1ncccn1)c1ccc(NC(=S)NCCCc2ccccc2)cc1. The first-order valence-electron chi connectivity index (χ1n) is 9.02. The average molecular weight is 428 g/mol. The first-order valence-corrected chi connectivity index (χ1v) is 10.9. The number of nitrogens with one attached hydrogen (secondary N) is 3. The van der Waals surface area contributed by atoms with Gasteiger partial charge in [0.25, 0.3) is 10.0 Å². The summed E-state index contributed by atoms with van der Waals surface area (Å²) < 4.78 is 27.1. The summed E-state index contributed by atoms with van der Waals surface area (Å²) in [5.74, 6) is 0.0237. The molecule has 0 aliphatic carbocycles. The summed E-state index contributed by atoms with van der Waals surface area (Å²) >= 11 is 5.29. The fraction of sp³-hybridized carbons (Fsp3) is 0.150. The number of aromatic nitrogens is 2. The van der Waals surface area contributed by atoms with Crippen LogP contribution in [-0.2, 0) is 16.4 Å². The van der Waals surface area contributed by atoms with Crippen molar-refractivity contribution in [3.63, 3.8) is 0 Å². The molecule has 1 aromatic heterocycles. The fourth-order valence-corrected chi connectivity index (χ4v) is 3.74. The van der Waals surface area contributed by atoms with Gasteiger partial charge in [-0.2, -0.15) is 0 Å². The van der Waals surface area contributed by atoms with Crippen LogP contribution in [0.1, 0.15) is 12.0 Å². The number of hydrogen-bond donors (Lipinski definition) is 3. The minimum atomic E-state index is -3.75. The van der Waals surface area contributed by atoms with E-state index < -0.39 is 10.0 Å². The summed E-state index contributed by atoms with van der Waals surface area (Å²) in [4.78, 5) is 7.83. The quantitative estimate of drug-likeness (QED) is 0.375. The second-order valence-electron chi connectivity index (χ2n) is 6.17. The minimum Gasteiger partial charge on any atom is -0.362 e. The molecule has 9 heteroatoms. The molecule has 29 heavy (non-hydrogen) atoms. The zero-order chi connectivity index (χ0) is 20.5. The second kappa shape index (κ2) is 9.94. The topological polar surface area (TPSA) is 96.0 Å². The van der Waals surface area contributed by atoms with Crippen molar-refractivity contribution in [3.05, 3.63) is 78.6 Å². The number of thiocarbonyl (C=S) groups is 1. The number of sulfonamides is 1. The van der Waals surface area contributed by atoms with Crippen molar-refractivity contribution in [1.82, 2.24) is 15.3 Å². The van der Waals surface area contributed by atoms with E-state index in [2.05, 4.69) is 37.5 Å². The molecule has 0 bridgehead atoms. The molecule has 0 amide bonds. The first kappa shape index (κ1) is 20.7.